The van der Waals surface area contributed by atoms with Gasteiger partial charge in [-0.2, -0.15) is 0 Å². The van der Waals surface area contributed by atoms with Crippen LogP contribution in [-0.2, 0) is 6.54 Å². The van der Waals surface area contributed by atoms with Gasteiger partial charge in [0.1, 0.15) is 5.69 Å². The predicted octanol–water partition coefficient (Wildman–Crippen LogP) is 2.99. The lowest BCUT2D eigenvalue weighted by Gasteiger charge is -2.24. The summed E-state index contributed by atoms with van der Waals surface area (Å²) in [6.45, 7) is 5.37. The van der Waals surface area contributed by atoms with Gasteiger partial charge in [-0.25, -0.2) is 9.31 Å². The van der Waals surface area contributed by atoms with Crippen molar-refractivity contribution in [3.05, 3.63) is 54.1 Å². The first-order chi connectivity index (χ1) is 13.6. The van der Waals surface area contributed by atoms with Gasteiger partial charge in [-0.1, -0.05) is 11.3 Å². The van der Waals surface area contributed by atoms with E-state index >= 15 is 0 Å². The maximum absolute atomic E-state index is 12.5. The SMILES string of the molecule is CC(C)NC(=O)N1CCCC1c1nnn2cc(NCc3cccnc3)ccc12. The van der Waals surface area contributed by atoms with Gasteiger partial charge in [0.05, 0.1) is 23.4 Å². The lowest BCUT2D eigenvalue weighted by Crippen LogP contribution is -2.42. The van der Waals surface area contributed by atoms with E-state index in [0.29, 0.717) is 6.54 Å². The van der Waals surface area contributed by atoms with Crippen LogP contribution in [0.25, 0.3) is 5.52 Å². The minimum atomic E-state index is -0.0366. The van der Waals surface area contributed by atoms with Crippen molar-refractivity contribution in [3.8, 4) is 0 Å². The van der Waals surface area contributed by atoms with Crippen LogP contribution in [-0.4, -0.2) is 43.3 Å². The number of likely N-dealkylation sites (tertiary alicyclic amines) is 1. The molecule has 1 aliphatic heterocycles. The molecule has 4 heterocycles. The Labute approximate surface area is 164 Å². The van der Waals surface area contributed by atoms with Gasteiger partial charge in [0, 0.05) is 31.5 Å². The third-order valence-corrected chi connectivity index (χ3v) is 4.90. The van der Waals surface area contributed by atoms with Crippen molar-refractivity contribution in [1.82, 2.24) is 30.0 Å². The smallest absolute Gasteiger partial charge is 0.318 e. The van der Waals surface area contributed by atoms with Gasteiger partial charge in [0.15, 0.2) is 0 Å². The van der Waals surface area contributed by atoms with Crippen molar-refractivity contribution in [3.63, 3.8) is 0 Å². The summed E-state index contributed by atoms with van der Waals surface area (Å²) in [5, 5.41) is 15.1. The van der Waals surface area contributed by atoms with E-state index in [1.165, 1.54) is 0 Å². The highest BCUT2D eigenvalue weighted by Gasteiger charge is 2.33. The van der Waals surface area contributed by atoms with Crippen molar-refractivity contribution >= 4 is 17.2 Å². The molecular formula is C20H25N7O. The Morgan fingerprint density at radius 2 is 2.21 bits per heavy atom. The molecule has 1 atom stereocenters. The van der Waals surface area contributed by atoms with E-state index in [1.54, 1.807) is 10.7 Å². The average Bonchev–Trinajstić information content (AvgIpc) is 3.33. The number of fused-ring (bicyclic) bond motifs is 1. The Morgan fingerprint density at radius 3 is 3.00 bits per heavy atom. The second-order valence-electron chi connectivity index (χ2n) is 7.39. The lowest BCUT2D eigenvalue weighted by atomic mass is 10.1. The van der Waals surface area contributed by atoms with Gasteiger partial charge in [0.2, 0.25) is 0 Å². The molecule has 1 fully saturated rings. The number of carbonyl (C=O) groups is 1. The Morgan fingerprint density at radius 1 is 1.32 bits per heavy atom. The highest BCUT2D eigenvalue weighted by atomic mass is 16.2. The number of hydrogen-bond donors (Lipinski definition) is 2. The molecule has 2 amide bonds. The Balaban J connectivity index is 1.52. The molecule has 1 unspecified atom stereocenters. The number of amides is 2. The number of rotatable bonds is 5. The van der Waals surface area contributed by atoms with E-state index in [-0.39, 0.29) is 18.1 Å². The summed E-state index contributed by atoms with van der Waals surface area (Å²) in [5.74, 6) is 0. The van der Waals surface area contributed by atoms with Crippen LogP contribution in [0.4, 0.5) is 10.5 Å². The summed E-state index contributed by atoms with van der Waals surface area (Å²) in [6.07, 6.45) is 7.41. The maximum atomic E-state index is 12.5. The minimum Gasteiger partial charge on any atom is -0.380 e. The summed E-state index contributed by atoms with van der Waals surface area (Å²) in [6, 6.07) is 8.03. The van der Waals surface area contributed by atoms with Crippen LogP contribution < -0.4 is 10.6 Å². The molecule has 0 saturated carbocycles. The topological polar surface area (TPSA) is 87.5 Å². The van der Waals surface area contributed by atoms with Gasteiger partial charge in [0.25, 0.3) is 0 Å². The molecule has 0 bridgehead atoms. The molecular weight excluding hydrogens is 354 g/mol. The van der Waals surface area contributed by atoms with Crippen molar-refractivity contribution < 1.29 is 4.79 Å². The summed E-state index contributed by atoms with van der Waals surface area (Å²) >= 11 is 0. The molecule has 2 N–H and O–H groups in total. The maximum Gasteiger partial charge on any atom is 0.318 e. The van der Waals surface area contributed by atoms with E-state index in [0.717, 1.165) is 41.8 Å². The molecule has 8 heteroatoms. The number of nitrogens with zero attached hydrogens (tertiary/aromatic N) is 5. The van der Waals surface area contributed by atoms with Gasteiger partial charge in [-0.3, -0.25) is 4.98 Å². The zero-order valence-electron chi connectivity index (χ0n) is 16.2. The third kappa shape index (κ3) is 3.76. The molecule has 0 aromatic carbocycles. The molecule has 1 saturated heterocycles. The summed E-state index contributed by atoms with van der Waals surface area (Å²) in [5.41, 5.74) is 3.85. The van der Waals surface area contributed by atoms with Crippen LogP contribution >= 0.6 is 0 Å². The molecule has 146 valence electrons. The van der Waals surface area contributed by atoms with E-state index in [2.05, 4.69) is 25.9 Å². The van der Waals surface area contributed by atoms with E-state index in [9.17, 15) is 4.79 Å². The van der Waals surface area contributed by atoms with Crippen LogP contribution in [0, 0.1) is 0 Å². The zero-order chi connectivity index (χ0) is 19.5. The molecule has 0 aliphatic carbocycles. The van der Waals surface area contributed by atoms with Crippen LogP contribution in [0.5, 0.6) is 0 Å². The van der Waals surface area contributed by atoms with Crippen molar-refractivity contribution in [2.75, 3.05) is 11.9 Å². The first-order valence-electron chi connectivity index (χ1n) is 9.66. The Hall–Kier alpha value is -3.16. The minimum absolute atomic E-state index is 0.0339. The van der Waals surface area contributed by atoms with Gasteiger partial charge >= 0.3 is 6.03 Å². The van der Waals surface area contributed by atoms with E-state index in [1.807, 2.05) is 55.4 Å². The lowest BCUT2D eigenvalue weighted by molar-refractivity contribution is 0.190. The number of carbonyl (C=O) groups excluding carboxylic acids is 1. The van der Waals surface area contributed by atoms with E-state index in [4.69, 9.17) is 0 Å². The average molecular weight is 379 g/mol. The fourth-order valence-corrected chi connectivity index (χ4v) is 3.59. The van der Waals surface area contributed by atoms with Crippen molar-refractivity contribution in [2.45, 2.75) is 45.3 Å². The number of hydrogen-bond acceptors (Lipinski definition) is 5. The van der Waals surface area contributed by atoms with Crippen LogP contribution in [0.1, 0.15) is 44.0 Å². The fourth-order valence-electron chi connectivity index (χ4n) is 3.59. The van der Waals surface area contributed by atoms with E-state index < -0.39 is 0 Å². The Kier molecular flexibility index (Phi) is 5.10. The van der Waals surface area contributed by atoms with Crippen LogP contribution in [0.3, 0.4) is 0 Å². The number of anilines is 1. The quantitative estimate of drug-likeness (QED) is 0.712. The number of pyridine rings is 2. The fraction of sp³-hybridized carbons (Fsp3) is 0.400. The molecule has 8 nitrogen and oxygen atoms in total. The summed E-state index contributed by atoms with van der Waals surface area (Å²) in [4.78, 5) is 18.5. The standard InChI is InChI=1S/C20H25N7O/c1-14(2)23-20(28)26-10-4-6-17(26)19-18-8-7-16(13-27(18)25-24-19)22-12-15-5-3-9-21-11-15/h3,5,7-9,11,13-14,17,22H,4,6,10,12H2,1-2H3,(H,23,28). The normalized spacial score (nSPS) is 16.7. The number of nitrogens with one attached hydrogen (secondary N) is 2. The molecule has 4 rings (SSSR count). The third-order valence-electron chi connectivity index (χ3n) is 4.90. The van der Waals surface area contributed by atoms with Crippen molar-refractivity contribution in [1.29, 1.82) is 0 Å². The monoisotopic (exact) mass is 379 g/mol. The molecule has 1 aliphatic rings. The highest BCUT2D eigenvalue weighted by molar-refractivity contribution is 5.76. The van der Waals surface area contributed by atoms with Crippen LogP contribution in [0.2, 0.25) is 0 Å². The molecule has 28 heavy (non-hydrogen) atoms. The summed E-state index contributed by atoms with van der Waals surface area (Å²) in [7, 11) is 0. The molecule has 3 aromatic heterocycles. The van der Waals surface area contributed by atoms with Crippen molar-refractivity contribution in [2.24, 2.45) is 0 Å². The molecule has 0 radical (unpaired) electrons. The Bertz CT molecular complexity index is 954. The zero-order valence-corrected chi connectivity index (χ0v) is 16.2. The van der Waals surface area contributed by atoms with Gasteiger partial charge < -0.3 is 15.5 Å². The molecule has 0 spiro atoms. The first kappa shape index (κ1) is 18.2. The second kappa shape index (κ2) is 7.84. The second-order valence-corrected chi connectivity index (χ2v) is 7.39. The van der Waals surface area contributed by atoms with Crippen LogP contribution in [0.15, 0.2) is 42.9 Å². The predicted molar refractivity (Wildman–Crippen MR) is 107 cm³/mol. The first-order valence-corrected chi connectivity index (χ1v) is 9.66. The van der Waals surface area contributed by atoms with Gasteiger partial charge in [-0.15, -0.1) is 5.10 Å². The molecule has 3 aromatic rings. The highest BCUT2D eigenvalue weighted by Crippen LogP contribution is 2.33. The summed E-state index contributed by atoms with van der Waals surface area (Å²) < 4.78 is 1.78. The number of aromatic nitrogens is 4. The number of urea groups is 1. The largest absolute Gasteiger partial charge is 0.380 e. The van der Waals surface area contributed by atoms with Gasteiger partial charge in [-0.05, 0) is 50.5 Å².